The van der Waals surface area contributed by atoms with E-state index in [9.17, 15) is 4.79 Å². The van der Waals surface area contributed by atoms with Crippen molar-refractivity contribution >= 4 is 5.91 Å². The van der Waals surface area contributed by atoms with Crippen molar-refractivity contribution in [2.24, 2.45) is 0 Å². The Labute approximate surface area is 161 Å². The van der Waals surface area contributed by atoms with Crippen LogP contribution in [0.3, 0.4) is 0 Å². The Bertz CT molecular complexity index is 748. The van der Waals surface area contributed by atoms with Crippen LogP contribution < -0.4 is 19.7 Å². The second-order valence-corrected chi connectivity index (χ2v) is 6.97. The molecule has 5 nitrogen and oxygen atoms in total. The average molecular weight is 369 g/mol. The molecule has 0 radical (unpaired) electrons. The highest BCUT2D eigenvalue weighted by molar-refractivity contribution is 5.76. The van der Waals surface area contributed by atoms with Crippen molar-refractivity contribution in [3.63, 3.8) is 0 Å². The predicted octanol–water partition coefficient (Wildman–Crippen LogP) is 1.78. The third kappa shape index (κ3) is 5.01. The monoisotopic (exact) mass is 369 g/mol. The van der Waals surface area contributed by atoms with Crippen LogP contribution in [-0.4, -0.2) is 39.8 Å². The minimum absolute atomic E-state index is 0.106. The standard InChI is InChI=1S/C22H28N2O3/c1-26-18-10-11-21(27-2)19(15-18)20-9-6-14-24(20)16-22(25)23-13-12-17-7-4-3-5-8-17/h3-5,7-8,10-11,15,20H,6,9,12-14,16H2,1-2H3,(H,23,25)/p+1/t20-/m1/s1. The summed E-state index contributed by atoms with van der Waals surface area (Å²) in [4.78, 5) is 13.7. The van der Waals surface area contributed by atoms with Crippen LogP contribution in [0.15, 0.2) is 48.5 Å². The molecule has 1 unspecified atom stereocenters. The van der Waals surface area contributed by atoms with E-state index in [0.29, 0.717) is 13.1 Å². The number of hydrogen-bond acceptors (Lipinski definition) is 3. The Morgan fingerprint density at radius 3 is 2.70 bits per heavy atom. The van der Waals surface area contributed by atoms with Gasteiger partial charge in [0.1, 0.15) is 17.5 Å². The number of ether oxygens (including phenoxy) is 2. The molecule has 2 N–H and O–H groups in total. The van der Waals surface area contributed by atoms with Crippen LogP contribution in [0.1, 0.15) is 30.0 Å². The van der Waals surface area contributed by atoms with Crippen molar-refractivity contribution in [1.29, 1.82) is 0 Å². The first-order valence-corrected chi connectivity index (χ1v) is 9.58. The summed E-state index contributed by atoms with van der Waals surface area (Å²) >= 11 is 0. The normalized spacial score (nSPS) is 18.9. The van der Waals surface area contributed by atoms with Crippen LogP contribution in [0.25, 0.3) is 0 Å². The molecule has 0 aromatic heterocycles. The Kier molecular flexibility index (Phi) is 6.71. The number of rotatable bonds is 8. The molecule has 27 heavy (non-hydrogen) atoms. The van der Waals surface area contributed by atoms with E-state index < -0.39 is 0 Å². The van der Waals surface area contributed by atoms with Crippen molar-refractivity contribution < 1.29 is 19.2 Å². The number of hydrogen-bond donors (Lipinski definition) is 2. The van der Waals surface area contributed by atoms with Gasteiger partial charge in [-0.3, -0.25) is 4.79 Å². The molecule has 1 amide bonds. The van der Waals surface area contributed by atoms with Crippen molar-refractivity contribution in [3.8, 4) is 11.5 Å². The molecular formula is C22H29N2O3+. The molecule has 2 aromatic rings. The van der Waals surface area contributed by atoms with Crippen LogP contribution in [0.4, 0.5) is 0 Å². The van der Waals surface area contributed by atoms with Gasteiger partial charge in [0, 0.05) is 19.4 Å². The smallest absolute Gasteiger partial charge is 0.275 e. The maximum absolute atomic E-state index is 12.5. The highest BCUT2D eigenvalue weighted by Gasteiger charge is 2.33. The quantitative estimate of drug-likeness (QED) is 0.746. The van der Waals surface area contributed by atoms with Crippen molar-refractivity contribution in [2.75, 3.05) is 33.9 Å². The highest BCUT2D eigenvalue weighted by Crippen LogP contribution is 2.31. The number of benzene rings is 2. The second kappa shape index (κ2) is 9.42. The van der Waals surface area contributed by atoms with Gasteiger partial charge in [-0.15, -0.1) is 0 Å². The van der Waals surface area contributed by atoms with Gasteiger partial charge in [0.2, 0.25) is 0 Å². The molecule has 1 aliphatic rings. The van der Waals surface area contributed by atoms with Gasteiger partial charge in [0.15, 0.2) is 6.54 Å². The van der Waals surface area contributed by atoms with Crippen molar-refractivity contribution in [3.05, 3.63) is 59.7 Å². The molecule has 0 saturated carbocycles. The molecule has 5 heteroatoms. The molecule has 1 aliphatic heterocycles. The van der Waals surface area contributed by atoms with Crippen LogP contribution in [0.5, 0.6) is 11.5 Å². The lowest BCUT2D eigenvalue weighted by Crippen LogP contribution is -3.11. The van der Waals surface area contributed by atoms with Crippen LogP contribution in [0.2, 0.25) is 0 Å². The highest BCUT2D eigenvalue weighted by atomic mass is 16.5. The molecule has 1 heterocycles. The summed E-state index contributed by atoms with van der Waals surface area (Å²) in [5.74, 6) is 1.80. The van der Waals surface area contributed by atoms with E-state index in [4.69, 9.17) is 9.47 Å². The van der Waals surface area contributed by atoms with Crippen molar-refractivity contribution in [1.82, 2.24) is 5.32 Å². The summed E-state index contributed by atoms with van der Waals surface area (Å²) in [6.07, 6.45) is 3.02. The first kappa shape index (κ1) is 19.2. The van der Waals surface area contributed by atoms with Gasteiger partial charge in [0.25, 0.3) is 5.91 Å². The van der Waals surface area contributed by atoms with E-state index in [2.05, 4.69) is 17.4 Å². The number of nitrogens with one attached hydrogen (secondary N) is 2. The van der Waals surface area contributed by atoms with E-state index >= 15 is 0 Å². The van der Waals surface area contributed by atoms with Gasteiger partial charge >= 0.3 is 0 Å². The first-order chi connectivity index (χ1) is 13.2. The zero-order valence-corrected chi connectivity index (χ0v) is 16.2. The molecule has 2 atom stereocenters. The fourth-order valence-electron chi connectivity index (χ4n) is 3.87. The van der Waals surface area contributed by atoms with E-state index in [-0.39, 0.29) is 11.9 Å². The summed E-state index contributed by atoms with van der Waals surface area (Å²) < 4.78 is 10.9. The van der Waals surface area contributed by atoms with Crippen LogP contribution in [-0.2, 0) is 11.2 Å². The number of methoxy groups -OCH3 is 2. The van der Waals surface area contributed by atoms with Gasteiger partial charge < -0.3 is 19.7 Å². The van der Waals surface area contributed by atoms with E-state index in [1.165, 1.54) is 10.5 Å². The summed E-state index contributed by atoms with van der Waals surface area (Å²) in [7, 11) is 3.36. The zero-order chi connectivity index (χ0) is 19.1. The number of quaternary nitrogens is 1. The minimum atomic E-state index is 0.106. The van der Waals surface area contributed by atoms with Crippen LogP contribution in [0, 0.1) is 0 Å². The van der Waals surface area contributed by atoms with Gasteiger partial charge in [-0.1, -0.05) is 30.3 Å². The van der Waals surface area contributed by atoms with E-state index in [1.807, 2.05) is 36.4 Å². The molecule has 1 fully saturated rings. The fraction of sp³-hybridized carbons (Fsp3) is 0.409. The SMILES string of the molecule is COc1ccc(OC)c([C@H]2CCC[NH+]2CC(=O)NCCc2ccccc2)c1. The number of likely N-dealkylation sites (tertiary alicyclic amines) is 1. The third-order valence-corrected chi connectivity index (χ3v) is 5.26. The average Bonchev–Trinajstić information content (AvgIpc) is 3.16. The molecule has 0 aliphatic carbocycles. The largest absolute Gasteiger partial charge is 0.497 e. The number of carbonyl (C=O) groups excluding carboxylic acids is 1. The van der Waals surface area contributed by atoms with Crippen LogP contribution >= 0.6 is 0 Å². The maximum atomic E-state index is 12.5. The van der Waals surface area contributed by atoms with E-state index in [0.717, 1.165) is 42.9 Å². The predicted molar refractivity (Wildman–Crippen MR) is 105 cm³/mol. The molecule has 0 bridgehead atoms. The number of carbonyl (C=O) groups is 1. The van der Waals surface area contributed by atoms with Gasteiger partial charge in [-0.05, 0) is 30.2 Å². The van der Waals surface area contributed by atoms with E-state index in [1.54, 1.807) is 14.2 Å². The molecule has 3 rings (SSSR count). The molecule has 0 spiro atoms. The first-order valence-electron chi connectivity index (χ1n) is 9.58. The number of amides is 1. The lowest BCUT2D eigenvalue weighted by atomic mass is 10.0. The maximum Gasteiger partial charge on any atom is 0.275 e. The van der Waals surface area contributed by atoms with Gasteiger partial charge in [-0.2, -0.15) is 0 Å². The molecule has 2 aromatic carbocycles. The Hall–Kier alpha value is -2.53. The summed E-state index contributed by atoms with van der Waals surface area (Å²) in [6.45, 7) is 2.15. The lowest BCUT2D eigenvalue weighted by Gasteiger charge is -2.23. The molecule has 144 valence electrons. The minimum Gasteiger partial charge on any atom is -0.497 e. The topological polar surface area (TPSA) is 52.0 Å². The molecular weight excluding hydrogens is 340 g/mol. The summed E-state index contributed by atoms with van der Waals surface area (Å²) in [6, 6.07) is 16.4. The summed E-state index contributed by atoms with van der Waals surface area (Å²) in [5, 5.41) is 3.07. The van der Waals surface area contributed by atoms with Gasteiger partial charge in [0.05, 0.1) is 26.3 Å². The van der Waals surface area contributed by atoms with Gasteiger partial charge in [-0.25, -0.2) is 0 Å². The fourth-order valence-corrected chi connectivity index (χ4v) is 3.87. The Morgan fingerprint density at radius 1 is 1.15 bits per heavy atom. The summed E-state index contributed by atoms with van der Waals surface area (Å²) in [5.41, 5.74) is 2.37. The third-order valence-electron chi connectivity index (χ3n) is 5.26. The lowest BCUT2D eigenvalue weighted by molar-refractivity contribution is -0.910. The zero-order valence-electron chi connectivity index (χ0n) is 16.2. The Morgan fingerprint density at radius 2 is 1.96 bits per heavy atom. The van der Waals surface area contributed by atoms with Crippen molar-refractivity contribution in [2.45, 2.75) is 25.3 Å². The second-order valence-electron chi connectivity index (χ2n) is 6.97. The molecule has 1 saturated heterocycles. The Balaban J connectivity index is 1.59.